The van der Waals surface area contributed by atoms with E-state index in [2.05, 4.69) is 10.1 Å². The number of pyridine rings is 1. The smallest absolute Gasteiger partial charge is 0.0844 e. The van der Waals surface area contributed by atoms with Gasteiger partial charge in [0.05, 0.1) is 28.6 Å². The van der Waals surface area contributed by atoms with Crippen LogP contribution in [0.3, 0.4) is 0 Å². The largest absolute Gasteiger partial charge is 0.325 e. The molecule has 90 valence electrons. The summed E-state index contributed by atoms with van der Waals surface area (Å²) in [6.07, 6.45) is 1.75. The molecule has 0 aliphatic carbocycles. The second kappa shape index (κ2) is 4.85. The standard InChI is InChI=1S/C12H15ClN4/c1-8-12(13)9(2)17(16-8)7-10-4-3-5-15-11(10)6-14/h3-5H,6-7,14H2,1-2H3. The highest BCUT2D eigenvalue weighted by Gasteiger charge is 2.10. The summed E-state index contributed by atoms with van der Waals surface area (Å²) < 4.78 is 1.88. The molecule has 5 heteroatoms. The zero-order valence-electron chi connectivity index (χ0n) is 9.94. The number of rotatable bonds is 3. The minimum absolute atomic E-state index is 0.434. The average Bonchev–Trinajstić information content (AvgIpc) is 2.58. The topological polar surface area (TPSA) is 56.7 Å². The van der Waals surface area contributed by atoms with Crippen LogP contribution < -0.4 is 5.73 Å². The summed E-state index contributed by atoms with van der Waals surface area (Å²) in [5.41, 5.74) is 9.46. The Morgan fingerprint density at radius 2 is 2.18 bits per heavy atom. The number of nitrogens with zero attached hydrogens (tertiary/aromatic N) is 3. The number of hydrogen-bond acceptors (Lipinski definition) is 3. The van der Waals surface area contributed by atoms with Gasteiger partial charge in [-0.1, -0.05) is 17.7 Å². The van der Waals surface area contributed by atoms with Crippen LogP contribution in [-0.2, 0) is 13.1 Å². The lowest BCUT2D eigenvalue weighted by molar-refractivity contribution is 0.651. The van der Waals surface area contributed by atoms with Crippen molar-refractivity contribution in [3.63, 3.8) is 0 Å². The Balaban J connectivity index is 2.34. The van der Waals surface area contributed by atoms with E-state index in [4.69, 9.17) is 17.3 Å². The first-order valence-corrected chi connectivity index (χ1v) is 5.83. The Hall–Kier alpha value is -1.39. The molecular weight excluding hydrogens is 236 g/mol. The van der Waals surface area contributed by atoms with E-state index in [-0.39, 0.29) is 0 Å². The lowest BCUT2D eigenvalue weighted by Gasteiger charge is -2.08. The van der Waals surface area contributed by atoms with Gasteiger partial charge in [0.1, 0.15) is 0 Å². The Morgan fingerprint density at radius 3 is 2.76 bits per heavy atom. The van der Waals surface area contributed by atoms with Gasteiger partial charge in [0, 0.05) is 12.7 Å². The van der Waals surface area contributed by atoms with Gasteiger partial charge in [0.25, 0.3) is 0 Å². The summed E-state index contributed by atoms with van der Waals surface area (Å²) in [5.74, 6) is 0. The van der Waals surface area contributed by atoms with Crippen LogP contribution in [0.1, 0.15) is 22.6 Å². The van der Waals surface area contributed by atoms with E-state index in [1.807, 2.05) is 30.7 Å². The van der Waals surface area contributed by atoms with Gasteiger partial charge < -0.3 is 5.73 Å². The molecule has 0 aromatic carbocycles. The van der Waals surface area contributed by atoms with Gasteiger partial charge in [-0.2, -0.15) is 5.10 Å². The number of aryl methyl sites for hydroxylation is 1. The molecule has 0 unspecified atom stereocenters. The van der Waals surface area contributed by atoms with Crippen LogP contribution in [0.4, 0.5) is 0 Å². The van der Waals surface area contributed by atoms with E-state index >= 15 is 0 Å². The average molecular weight is 251 g/mol. The fourth-order valence-corrected chi connectivity index (χ4v) is 1.92. The highest BCUT2D eigenvalue weighted by Crippen LogP contribution is 2.20. The molecule has 0 fully saturated rings. The molecule has 0 radical (unpaired) electrons. The summed E-state index contributed by atoms with van der Waals surface area (Å²) >= 11 is 6.11. The molecule has 0 amide bonds. The predicted octanol–water partition coefficient (Wildman–Crippen LogP) is 2.06. The first-order valence-electron chi connectivity index (χ1n) is 5.45. The molecule has 4 nitrogen and oxygen atoms in total. The second-order valence-electron chi connectivity index (χ2n) is 3.96. The maximum absolute atomic E-state index is 6.11. The fourth-order valence-electron chi connectivity index (χ4n) is 1.79. The number of hydrogen-bond donors (Lipinski definition) is 1. The lowest BCUT2D eigenvalue weighted by Crippen LogP contribution is -2.10. The second-order valence-corrected chi connectivity index (χ2v) is 4.33. The normalized spacial score (nSPS) is 10.8. The van der Waals surface area contributed by atoms with Gasteiger partial charge in [-0.15, -0.1) is 0 Å². The fraction of sp³-hybridized carbons (Fsp3) is 0.333. The minimum atomic E-state index is 0.434. The summed E-state index contributed by atoms with van der Waals surface area (Å²) in [5, 5.41) is 5.12. The van der Waals surface area contributed by atoms with Gasteiger partial charge in [0.2, 0.25) is 0 Å². The molecule has 2 rings (SSSR count). The molecule has 2 aromatic rings. The molecule has 2 N–H and O–H groups in total. The van der Waals surface area contributed by atoms with E-state index in [1.165, 1.54) is 0 Å². The summed E-state index contributed by atoms with van der Waals surface area (Å²) in [6.45, 7) is 4.95. The zero-order valence-corrected chi connectivity index (χ0v) is 10.7. The maximum atomic E-state index is 6.11. The van der Waals surface area contributed by atoms with Gasteiger partial charge in [0.15, 0.2) is 0 Å². The van der Waals surface area contributed by atoms with Crippen molar-refractivity contribution in [1.82, 2.24) is 14.8 Å². The first-order chi connectivity index (χ1) is 8.13. The van der Waals surface area contributed by atoms with Gasteiger partial charge in [-0.05, 0) is 25.5 Å². The van der Waals surface area contributed by atoms with Crippen LogP contribution in [0.2, 0.25) is 5.02 Å². The predicted molar refractivity (Wildman–Crippen MR) is 67.9 cm³/mol. The van der Waals surface area contributed by atoms with Crippen LogP contribution >= 0.6 is 11.6 Å². The molecule has 0 saturated heterocycles. The molecule has 0 atom stereocenters. The molecule has 0 saturated carbocycles. The molecule has 0 aliphatic heterocycles. The van der Waals surface area contributed by atoms with Crippen molar-refractivity contribution < 1.29 is 0 Å². The first kappa shape index (κ1) is 12.1. The van der Waals surface area contributed by atoms with E-state index in [1.54, 1.807) is 6.20 Å². The van der Waals surface area contributed by atoms with Gasteiger partial charge in [-0.25, -0.2) is 0 Å². The quantitative estimate of drug-likeness (QED) is 0.907. The van der Waals surface area contributed by atoms with Crippen LogP contribution in [0, 0.1) is 13.8 Å². The third kappa shape index (κ3) is 2.33. The van der Waals surface area contributed by atoms with Crippen molar-refractivity contribution >= 4 is 11.6 Å². The Kier molecular flexibility index (Phi) is 3.45. The molecule has 0 spiro atoms. The lowest BCUT2D eigenvalue weighted by atomic mass is 10.2. The van der Waals surface area contributed by atoms with Crippen molar-refractivity contribution in [2.24, 2.45) is 5.73 Å². The SMILES string of the molecule is Cc1nn(Cc2cccnc2CN)c(C)c1Cl. The number of nitrogens with two attached hydrogens (primary N) is 1. The van der Waals surface area contributed by atoms with Crippen molar-refractivity contribution in [1.29, 1.82) is 0 Å². The van der Waals surface area contributed by atoms with Gasteiger partial charge >= 0.3 is 0 Å². The molecule has 2 aromatic heterocycles. The number of aromatic nitrogens is 3. The molecule has 2 heterocycles. The Bertz CT molecular complexity index is 533. The minimum Gasteiger partial charge on any atom is -0.325 e. The van der Waals surface area contributed by atoms with Crippen molar-refractivity contribution in [2.75, 3.05) is 0 Å². The highest BCUT2D eigenvalue weighted by atomic mass is 35.5. The summed E-state index contributed by atoms with van der Waals surface area (Å²) in [7, 11) is 0. The monoisotopic (exact) mass is 250 g/mol. The molecule has 0 aliphatic rings. The molecule has 0 bridgehead atoms. The van der Waals surface area contributed by atoms with E-state index in [0.29, 0.717) is 13.1 Å². The van der Waals surface area contributed by atoms with Crippen LogP contribution in [0.15, 0.2) is 18.3 Å². The Morgan fingerprint density at radius 1 is 1.41 bits per heavy atom. The third-order valence-electron chi connectivity index (χ3n) is 2.79. The van der Waals surface area contributed by atoms with Crippen molar-refractivity contribution in [2.45, 2.75) is 26.9 Å². The van der Waals surface area contributed by atoms with Crippen LogP contribution in [0.5, 0.6) is 0 Å². The molecule has 17 heavy (non-hydrogen) atoms. The van der Waals surface area contributed by atoms with Crippen molar-refractivity contribution in [3.8, 4) is 0 Å². The highest BCUT2D eigenvalue weighted by molar-refractivity contribution is 6.31. The van der Waals surface area contributed by atoms with Crippen LogP contribution in [-0.4, -0.2) is 14.8 Å². The van der Waals surface area contributed by atoms with E-state index in [0.717, 1.165) is 27.7 Å². The maximum Gasteiger partial charge on any atom is 0.0844 e. The number of halogens is 1. The van der Waals surface area contributed by atoms with Gasteiger partial charge in [-0.3, -0.25) is 9.67 Å². The van der Waals surface area contributed by atoms with Crippen LogP contribution in [0.25, 0.3) is 0 Å². The third-order valence-corrected chi connectivity index (χ3v) is 3.34. The Labute approximate surface area is 105 Å². The van der Waals surface area contributed by atoms with Crippen molar-refractivity contribution in [3.05, 3.63) is 46.0 Å². The van der Waals surface area contributed by atoms with E-state index < -0.39 is 0 Å². The summed E-state index contributed by atoms with van der Waals surface area (Å²) in [6, 6.07) is 3.92. The summed E-state index contributed by atoms with van der Waals surface area (Å²) in [4.78, 5) is 4.25. The molecular formula is C12H15ClN4. The van der Waals surface area contributed by atoms with E-state index in [9.17, 15) is 0 Å². The zero-order chi connectivity index (χ0) is 12.4.